The molecular formula is C19H19F2N5O2. The summed E-state index contributed by atoms with van der Waals surface area (Å²) in [4.78, 5) is 17.4. The van der Waals surface area contributed by atoms with Crippen LogP contribution in [-0.4, -0.2) is 37.7 Å². The first-order chi connectivity index (χ1) is 13.5. The van der Waals surface area contributed by atoms with E-state index in [2.05, 4.69) is 10.1 Å². The number of halogens is 2. The molecule has 1 amide bonds. The van der Waals surface area contributed by atoms with Gasteiger partial charge in [0.05, 0.1) is 25.0 Å². The van der Waals surface area contributed by atoms with Crippen LogP contribution in [0, 0.1) is 11.6 Å². The van der Waals surface area contributed by atoms with Crippen LogP contribution in [0.25, 0.3) is 11.1 Å². The summed E-state index contributed by atoms with van der Waals surface area (Å²) in [6.45, 7) is 0.658. The van der Waals surface area contributed by atoms with Gasteiger partial charge < -0.3 is 16.3 Å². The summed E-state index contributed by atoms with van der Waals surface area (Å²) in [5.41, 5.74) is 6.78. The normalized spacial score (nSPS) is 17.0. The van der Waals surface area contributed by atoms with Gasteiger partial charge in [-0.25, -0.2) is 13.6 Å². The summed E-state index contributed by atoms with van der Waals surface area (Å²) in [7, 11) is 0. The van der Waals surface area contributed by atoms with Crippen molar-refractivity contribution in [3.05, 3.63) is 53.6 Å². The van der Waals surface area contributed by atoms with Crippen LogP contribution in [0.3, 0.4) is 0 Å². The summed E-state index contributed by atoms with van der Waals surface area (Å²) in [6.07, 6.45) is 1.63. The number of amides is 1. The molecule has 1 heterocycles. The molecule has 0 saturated carbocycles. The van der Waals surface area contributed by atoms with Gasteiger partial charge in [0.15, 0.2) is 0 Å². The summed E-state index contributed by atoms with van der Waals surface area (Å²) < 4.78 is 34.0. The van der Waals surface area contributed by atoms with E-state index in [-0.39, 0.29) is 30.8 Å². The third-order valence-electron chi connectivity index (χ3n) is 4.26. The zero-order valence-electron chi connectivity index (χ0n) is 14.9. The third kappa shape index (κ3) is 4.15. The molecule has 0 bridgehead atoms. The molecular weight excluding hydrogens is 368 g/mol. The van der Waals surface area contributed by atoms with E-state index in [1.807, 2.05) is 0 Å². The molecule has 4 N–H and O–H groups in total. The second kappa shape index (κ2) is 8.57. The van der Waals surface area contributed by atoms with Crippen molar-refractivity contribution in [1.82, 2.24) is 0 Å². The molecule has 1 aliphatic heterocycles. The highest BCUT2D eigenvalue weighted by atomic mass is 19.1. The van der Waals surface area contributed by atoms with Crippen molar-refractivity contribution in [2.45, 2.75) is 12.6 Å². The Morgan fingerprint density at radius 1 is 1.14 bits per heavy atom. The molecule has 1 saturated heterocycles. The minimum atomic E-state index is -0.654. The van der Waals surface area contributed by atoms with Gasteiger partial charge in [-0.05, 0) is 35.9 Å². The summed E-state index contributed by atoms with van der Waals surface area (Å²) >= 11 is 0. The zero-order valence-corrected chi connectivity index (χ0v) is 14.9. The summed E-state index contributed by atoms with van der Waals surface area (Å²) in [5.74, 6) is 3.75. The van der Waals surface area contributed by atoms with Crippen molar-refractivity contribution in [1.29, 1.82) is 0 Å². The van der Waals surface area contributed by atoms with Crippen LogP contribution in [0.1, 0.15) is 5.56 Å². The van der Waals surface area contributed by atoms with Crippen LogP contribution >= 0.6 is 0 Å². The smallest absolute Gasteiger partial charge is 0.414 e. The Bertz CT molecular complexity index is 933. The molecule has 3 rings (SSSR count). The van der Waals surface area contributed by atoms with E-state index in [0.29, 0.717) is 11.3 Å². The molecule has 1 atom stereocenters. The number of carbonyl (C=O) groups excluding carboxylic acids is 1. The molecule has 1 fully saturated rings. The number of hydrogen-bond acceptors (Lipinski definition) is 6. The first kappa shape index (κ1) is 19.4. The maximum absolute atomic E-state index is 14.7. The predicted molar refractivity (Wildman–Crippen MR) is 103 cm³/mol. The number of carbonyl (C=O) groups is 1. The van der Waals surface area contributed by atoms with Crippen LogP contribution in [0.15, 0.2) is 46.5 Å². The van der Waals surface area contributed by atoms with E-state index >= 15 is 0 Å². The van der Waals surface area contributed by atoms with Crippen LogP contribution in [0.2, 0.25) is 0 Å². The lowest BCUT2D eigenvalue weighted by Crippen LogP contribution is -2.25. The average Bonchev–Trinajstić information content (AvgIpc) is 3.06. The van der Waals surface area contributed by atoms with Gasteiger partial charge in [0.2, 0.25) is 0 Å². The van der Waals surface area contributed by atoms with Crippen LogP contribution in [-0.2, 0) is 11.3 Å². The standard InChI is InChI=1S/C19H19F2N5O2/c20-17-4-1-12(9-22)7-16(17)15-3-2-13(8-18(15)21)26-11-14(28-19(26)27)10-24-5-6-25-23/h1-8,14H,9-11,22-23H2. The maximum atomic E-state index is 14.7. The quantitative estimate of drug-likeness (QED) is 0.451. The second-order valence-corrected chi connectivity index (χ2v) is 6.11. The molecule has 2 aromatic rings. The fourth-order valence-electron chi connectivity index (χ4n) is 2.89. The van der Waals surface area contributed by atoms with E-state index < -0.39 is 23.8 Å². The van der Waals surface area contributed by atoms with Gasteiger partial charge in [0, 0.05) is 23.9 Å². The molecule has 0 aliphatic carbocycles. The lowest BCUT2D eigenvalue weighted by Gasteiger charge is -2.15. The number of ether oxygens (including phenoxy) is 1. The maximum Gasteiger partial charge on any atom is 0.414 e. The zero-order chi connectivity index (χ0) is 20.1. The highest BCUT2D eigenvalue weighted by molar-refractivity contribution is 6.15. The molecule has 1 aliphatic rings. The van der Waals surface area contributed by atoms with E-state index in [9.17, 15) is 13.6 Å². The van der Waals surface area contributed by atoms with Gasteiger partial charge >= 0.3 is 6.09 Å². The van der Waals surface area contributed by atoms with Gasteiger partial charge in [-0.3, -0.25) is 9.89 Å². The molecule has 7 nitrogen and oxygen atoms in total. The highest BCUT2D eigenvalue weighted by Gasteiger charge is 2.32. The predicted octanol–water partition coefficient (Wildman–Crippen LogP) is 2.43. The lowest BCUT2D eigenvalue weighted by molar-refractivity contribution is 0.145. The third-order valence-corrected chi connectivity index (χ3v) is 4.26. The van der Waals surface area contributed by atoms with E-state index in [1.165, 1.54) is 41.6 Å². The van der Waals surface area contributed by atoms with Crippen molar-refractivity contribution in [3.8, 4) is 11.1 Å². The Balaban J connectivity index is 1.80. The fraction of sp³-hybridized carbons (Fsp3) is 0.211. The number of anilines is 1. The molecule has 28 heavy (non-hydrogen) atoms. The monoisotopic (exact) mass is 387 g/mol. The van der Waals surface area contributed by atoms with Gasteiger partial charge in [0.25, 0.3) is 0 Å². The van der Waals surface area contributed by atoms with Gasteiger partial charge in [-0.2, -0.15) is 5.10 Å². The van der Waals surface area contributed by atoms with E-state index in [4.69, 9.17) is 16.3 Å². The van der Waals surface area contributed by atoms with Crippen molar-refractivity contribution < 1.29 is 18.3 Å². The highest BCUT2D eigenvalue weighted by Crippen LogP contribution is 2.31. The summed E-state index contributed by atoms with van der Waals surface area (Å²) in [6, 6.07) is 8.46. The number of hydrogen-bond donors (Lipinski definition) is 2. The first-order valence-electron chi connectivity index (χ1n) is 8.51. The summed E-state index contributed by atoms with van der Waals surface area (Å²) in [5, 5.41) is 3.27. The molecule has 2 aromatic carbocycles. The van der Waals surface area contributed by atoms with Crippen LogP contribution in [0.4, 0.5) is 19.3 Å². The Kier molecular flexibility index (Phi) is 5.95. The Labute approximate surface area is 160 Å². The lowest BCUT2D eigenvalue weighted by atomic mass is 10.0. The molecule has 146 valence electrons. The van der Waals surface area contributed by atoms with E-state index in [0.717, 1.165) is 0 Å². The Morgan fingerprint density at radius 2 is 1.96 bits per heavy atom. The number of cyclic esters (lactones) is 1. The number of hydrazone groups is 1. The molecule has 1 unspecified atom stereocenters. The van der Waals surface area contributed by atoms with Gasteiger partial charge in [0.1, 0.15) is 17.7 Å². The average molecular weight is 387 g/mol. The number of aliphatic imine (C=N–C) groups is 1. The van der Waals surface area contributed by atoms with Crippen molar-refractivity contribution in [2.24, 2.45) is 21.7 Å². The molecule has 9 heteroatoms. The number of nitrogens with zero attached hydrogens (tertiary/aromatic N) is 3. The van der Waals surface area contributed by atoms with E-state index in [1.54, 1.807) is 12.1 Å². The Hall–Kier alpha value is -3.33. The molecule has 0 aromatic heterocycles. The van der Waals surface area contributed by atoms with Crippen LogP contribution < -0.4 is 16.5 Å². The van der Waals surface area contributed by atoms with Gasteiger partial charge in [-0.1, -0.05) is 6.07 Å². The fourth-order valence-corrected chi connectivity index (χ4v) is 2.89. The van der Waals surface area contributed by atoms with Crippen molar-refractivity contribution in [3.63, 3.8) is 0 Å². The molecule has 0 spiro atoms. The Morgan fingerprint density at radius 3 is 2.68 bits per heavy atom. The SMILES string of the molecule is NCc1ccc(F)c(-c2ccc(N3CC(CN=CC=NN)OC3=O)cc2F)c1. The number of nitrogens with two attached hydrogens (primary N) is 2. The largest absolute Gasteiger partial charge is 0.442 e. The van der Waals surface area contributed by atoms with Crippen molar-refractivity contribution in [2.75, 3.05) is 18.0 Å². The topological polar surface area (TPSA) is 106 Å². The number of benzene rings is 2. The first-order valence-corrected chi connectivity index (χ1v) is 8.51. The minimum absolute atomic E-state index is 0.0892. The van der Waals surface area contributed by atoms with Crippen molar-refractivity contribution >= 4 is 24.2 Å². The molecule has 0 radical (unpaired) electrons. The second-order valence-electron chi connectivity index (χ2n) is 6.11. The van der Waals surface area contributed by atoms with Gasteiger partial charge in [-0.15, -0.1) is 0 Å². The van der Waals surface area contributed by atoms with Crippen LogP contribution in [0.5, 0.6) is 0 Å². The minimum Gasteiger partial charge on any atom is -0.442 e. The number of rotatable bonds is 6.